The Morgan fingerprint density at radius 2 is 1.74 bits per heavy atom. The molecule has 0 bridgehead atoms. The Morgan fingerprint density at radius 3 is 2.61 bits per heavy atom. The number of imidazole rings is 1. The van der Waals surface area contributed by atoms with Crippen LogP contribution in [-0.4, -0.2) is 14.5 Å². The van der Waals surface area contributed by atoms with E-state index in [4.69, 9.17) is 9.72 Å². The van der Waals surface area contributed by atoms with E-state index >= 15 is 0 Å². The molecular formula is C31H22BrF2N3O. The van der Waals surface area contributed by atoms with Gasteiger partial charge in [0.25, 0.3) is 0 Å². The molecule has 0 radical (unpaired) electrons. The van der Waals surface area contributed by atoms with Crippen LogP contribution in [0, 0.1) is 11.6 Å². The number of rotatable bonds is 7. The van der Waals surface area contributed by atoms with Gasteiger partial charge in [0, 0.05) is 51.2 Å². The quantitative estimate of drug-likeness (QED) is 0.210. The largest absolute Gasteiger partial charge is 0.489 e. The predicted molar refractivity (Wildman–Crippen MR) is 148 cm³/mol. The Kier molecular flexibility index (Phi) is 6.52. The number of fused-ring (bicyclic) bond motifs is 1. The fourth-order valence-electron chi connectivity index (χ4n) is 4.52. The van der Waals surface area contributed by atoms with Gasteiger partial charge in [-0.05, 0) is 66.7 Å². The van der Waals surface area contributed by atoms with Crippen molar-refractivity contribution in [1.82, 2.24) is 14.5 Å². The van der Waals surface area contributed by atoms with E-state index in [-0.39, 0.29) is 6.61 Å². The van der Waals surface area contributed by atoms with Crippen LogP contribution in [0.2, 0.25) is 0 Å². The van der Waals surface area contributed by atoms with E-state index in [0.717, 1.165) is 49.9 Å². The highest BCUT2D eigenvalue weighted by Crippen LogP contribution is 2.29. The minimum Gasteiger partial charge on any atom is -0.489 e. The van der Waals surface area contributed by atoms with Crippen molar-refractivity contribution in [2.45, 2.75) is 13.0 Å². The molecule has 0 spiro atoms. The Hall–Kier alpha value is -4.23. The molecule has 38 heavy (non-hydrogen) atoms. The maximum atomic E-state index is 14.1. The molecule has 0 fully saturated rings. The standard InChI is InChI=1S/C31H22BrF2N3O/c32-23-11-13-30(38-19-21-10-12-24(33)18-27(21)34)22(15-23)17-26-7-4-14-37(26)25-6-3-5-20(16-25)31-35-28-8-1-2-9-29(28)36-31/h1-16,18H,17,19H2,(H,35,36). The third-order valence-electron chi connectivity index (χ3n) is 6.41. The molecule has 0 saturated carbocycles. The molecule has 0 atom stereocenters. The lowest BCUT2D eigenvalue weighted by molar-refractivity contribution is 0.296. The monoisotopic (exact) mass is 569 g/mol. The van der Waals surface area contributed by atoms with Crippen LogP contribution < -0.4 is 4.74 Å². The second kappa shape index (κ2) is 10.3. The van der Waals surface area contributed by atoms with Gasteiger partial charge in [-0.1, -0.05) is 40.2 Å². The molecule has 4 aromatic carbocycles. The summed E-state index contributed by atoms with van der Waals surface area (Å²) in [7, 11) is 0. The highest BCUT2D eigenvalue weighted by Gasteiger charge is 2.13. The summed E-state index contributed by atoms with van der Waals surface area (Å²) in [6, 6.07) is 29.5. The predicted octanol–water partition coefficient (Wildman–Crippen LogP) is 8.23. The third kappa shape index (κ3) is 4.97. The summed E-state index contributed by atoms with van der Waals surface area (Å²) in [6.07, 6.45) is 2.61. The highest BCUT2D eigenvalue weighted by atomic mass is 79.9. The van der Waals surface area contributed by atoms with Crippen molar-refractivity contribution in [2.24, 2.45) is 0 Å². The Labute approximate surface area is 226 Å². The lowest BCUT2D eigenvalue weighted by Gasteiger charge is -2.15. The average Bonchev–Trinajstić information content (AvgIpc) is 3.56. The Morgan fingerprint density at radius 1 is 0.842 bits per heavy atom. The van der Waals surface area contributed by atoms with Crippen molar-refractivity contribution in [3.8, 4) is 22.8 Å². The van der Waals surface area contributed by atoms with Crippen LogP contribution in [0.1, 0.15) is 16.8 Å². The van der Waals surface area contributed by atoms with Gasteiger partial charge < -0.3 is 14.3 Å². The topological polar surface area (TPSA) is 42.8 Å². The van der Waals surface area contributed by atoms with Crippen LogP contribution in [0.5, 0.6) is 5.75 Å². The first-order valence-corrected chi connectivity index (χ1v) is 12.9. The van der Waals surface area contributed by atoms with Crippen molar-refractivity contribution < 1.29 is 13.5 Å². The van der Waals surface area contributed by atoms with Crippen molar-refractivity contribution in [2.75, 3.05) is 0 Å². The van der Waals surface area contributed by atoms with Gasteiger partial charge in [-0.3, -0.25) is 0 Å². The number of hydrogen-bond acceptors (Lipinski definition) is 2. The van der Waals surface area contributed by atoms with Crippen molar-refractivity contribution in [1.29, 1.82) is 0 Å². The number of benzene rings is 4. The van der Waals surface area contributed by atoms with Gasteiger partial charge in [0.2, 0.25) is 0 Å². The second-order valence-electron chi connectivity index (χ2n) is 8.98. The van der Waals surface area contributed by atoms with E-state index in [2.05, 4.69) is 43.7 Å². The van der Waals surface area contributed by atoms with Gasteiger partial charge in [0.1, 0.15) is 29.8 Å². The first-order valence-electron chi connectivity index (χ1n) is 12.1. The van der Waals surface area contributed by atoms with Crippen molar-refractivity contribution >= 4 is 27.0 Å². The molecule has 0 aliphatic carbocycles. The number of nitrogens with one attached hydrogen (secondary N) is 1. The second-order valence-corrected chi connectivity index (χ2v) is 9.89. The van der Waals surface area contributed by atoms with Crippen LogP contribution >= 0.6 is 15.9 Å². The first kappa shape index (κ1) is 24.1. The zero-order valence-electron chi connectivity index (χ0n) is 20.2. The average molecular weight is 570 g/mol. The highest BCUT2D eigenvalue weighted by molar-refractivity contribution is 9.10. The molecule has 4 nitrogen and oxygen atoms in total. The number of halogens is 3. The molecule has 7 heteroatoms. The number of aromatic nitrogens is 3. The molecule has 2 aromatic heterocycles. The Balaban J connectivity index is 1.28. The van der Waals surface area contributed by atoms with Crippen molar-refractivity contribution in [3.63, 3.8) is 0 Å². The first-order chi connectivity index (χ1) is 18.5. The van der Waals surface area contributed by atoms with E-state index in [1.165, 1.54) is 12.1 Å². The molecule has 0 amide bonds. The van der Waals surface area contributed by atoms with Crippen LogP contribution in [0.25, 0.3) is 28.1 Å². The molecule has 0 aliphatic rings. The molecular weight excluding hydrogens is 548 g/mol. The summed E-state index contributed by atoms with van der Waals surface area (Å²) in [5.74, 6) is 0.223. The minimum atomic E-state index is -0.623. The fourth-order valence-corrected chi connectivity index (χ4v) is 4.93. The lowest BCUT2D eigenvalue weighted by atomic mass is 10.1. The molecule has 188 valence electrons. The number of para-hydroxylation sites is 2. The summed E-state index contributed by atoms with van der Waals surface area (Å²) >= 11 is 3.55. The summed E-state index contributed by atoms with van der Waals surface area (Å²) in [5, 5.41) is 0. The van der Waals surface area contributed by atoms with Crippen LogP contribution in [-0.2, 0) is 13.0 Å². The fraction of sp³-hybridized carbons (Fsp3) is 0.0645. The lowest BCUT2D eigenvalue weighted by Crippen LogP contribution is -2.04. The number of nitrogens with zero attached hydrogens (tertiary/aromatic N) is 2. The van der Waals surface area contributed by atoms with Crippen molar-refractivity contribution in [3.05, 3.63) is 136 Å². The maximum Gasteiger partial charge on any atom is 0.138 e. The van der Waals surface area contributed by atoms with Gasteiger partial charge in [0.05, 0.1) is 11.0 Å². The van der Waals surface area contributed by atoms with E-state index in [1.807, 2.05) is 66.9 Å². The summed E-state index contributed by atoms with van der Waals surface area (Å²) < 4.78 is 36.5. The summed E-state index contributed by atoms with van der Waals surface area (Å²) in [6.45, 7) is 0.00129. The van der Waals surface area contributed by atoms with Gasteiger partial charge in [0.15, 0.2) is 0 Å². The SMILES string of the molecule is Fc1ccc(COc2ccc(Br)cc2Cc2cccn2-c2cccc(-c3nc4ccccc4[nH]3)c2)c(F)c1. The maximum absolute atomic E-state index is 14.1. The van der Waals surface area contributed by atoms with E-state index < -0.39 is 11.6 Å². The molecule has 0 saturated heterocycles. The zero-order chi connectivity index (χ0) is 26.1. The van der Waals surface area contributed by atoms with Crippen LogP contribution in [0.4, 0.5) is 8.78 Å². The van der Waals surface area contributed by atoms with Gasteiger partial charge >= 0.3 is 0 Å². The summed E-state index contributed by atoms with van der Waals surface area (Å²) in [5.41, 5.74) is 6.22. The van der Waals surface area contributed by atoms with Crippen LogP contribution in [0.3, 0.4) is 0 Å². The number of ether oxygens (including phenoxy) is 1. The number of aromatic amines is 1. The van der Waals surface area contributed by atoms with E-state index in [9.17, 15) is 8.78 Å². The van der Waals surface area contributed by atoms with Crippen LogP contribution in [0.15, 0.2) is 108 Å². The van der Waals surface area contributed by atoms with E-state index in [1.54, 1.807) is 0 Å². The number of H-pyrrole nitrogens is 1. The number of hydrogen-bond donors (Lipinski definition) is 1. The minimum absolute atomic E-state index is 0.00129. The molecule has 6 aromatic rings. The smallest absolute Gasteiger partial charge is 0.138 e. The Bertz CT molecular complexity index is 1720. The molecule has 1 N–H and O–H groups in total. The van der Waals surface area contributed by atoms with Gasteiger partial charge in [-0.2, -0.15) is 0 Å². The molecule has 2 heterocycles. The normalized spacial score (nSPS) is 11.2. The third-order valence-corrected chi connectivity index (χ3v) is 6.91. The molecule has 6 rings (SSSR count). The molecule has 0 aliphatic heterocycles. The van der Waals surface area contributed by atoms with E-state index in [0.29, 0.717) is 17.7 Å². The van der Waals surface area contributed by atoms with Gasteiger partial charge in [-0.25, -0.2) is 13.8 Å². The molecule has 0 unspecified atom stereocenters. The summed E-state index contributed by atoms with van der Waals surface area (Å²) in [4.78, 5) is 8.14. The zero-order valence-corrected chi connectivity index (χ0v) is 21.8. The van der Waals surface area contributed by atoms with Gasteiger partial charge in [-0.15, -0.1) is 0 Å².